The molecule has 4 nitrogen and oxygen atoms in total. The van der Waals surface area contributed by atoms with Gasteiger partial charge in [-0.3, -0.25) is 4.79 Å². The van der Waals surface area contributed by atoms with E-state index in [0.29, 0.717) is 26.2 Å². The van der Waals surface area contributed by atoms with E-state index in [9.17, 15) is 4.79 Å². The van der Waals surface area contributed by atoms with Gasteiger partial charge in [0.15, 0.2) is 11.5 Å². The minimum absolute atomic E-state index is 0.161. The van der Waals surface area contributed by atoms with Crippen LogP contribution in [0.3, 0.4) is 0 Å². The Morgan fingerprint density at radius 1 is 1.17 bits per heavy atom. The zero-order chi connectivity index (χ0) is 16.8. The van der Waals surface area contributed by atoms with Gasteiger partial charge in [-0.05, 0) is 30.0 Å². The second-order valence-corrected chi connectivity index (χ2v) is 6.88. The average molecular weight is 345 g/mol. The lowest BCUT2D eigenvalue weighted by Crippen LogP contribution is -2.30. The van der Waals surface area contributed by atoms with Crippen LogP contribution in [0.5, 0.6) is 11.5 Å². The molecule has 1 aromatic heterocycles. The molecule has 0 unspecified atom stereocenters. The maximum absolute atomic E-state index is 12.8. The summed E-state index contributed by atoms with van der Waals surface area (Å²) in [5, 5.41) is 2.04. The summed E-state index contributed by atoms with van der Waals surface area (Å²) in [5.41, 5.74) is 0.870. The second kappa shape index (κ2) is 8.20. The molecule has 2 heterocycles. The van der Waals surface area contributed by atoms with Gasteiger partial charge >= 0.3 is 0 Å². The van der Waals surface area contributed by atoms with Gasteiger partial charge in [0.25, 0.3) is 0 Å². The molecule has 1 aliphatic heterocycles. The number of anilines is 1. The molecule has 128 valence electrons. The van der Waals surface area contributed by atoms with Gasteiger partial charge in [-0.2, -0.15) is 0 Å². The summed E-state index contributed by atoms with van der Waals surface area (Å²) in [6.07, 6.45) is 3.70. The van der Waals surface area contributed by atoms with E-state index < -0.39 is 0 Å². The van der Waals surface area contributed by atoms with Crippen molar-refractivity contribution < 1.29 is 14.3 Å². The highest BCUT2D eigenvalue weighted by Gasteiger charge is 2.20. The fraction of sp³-hybridized carbons (Fsp3) is 0.421. The van der Waals surface area contributed by atoms with Crippen LogP contribution in [-0.4, -0.2) is 19.1 Å². The highest BCUT2D eigenvalue weighted by molar-refractivity contribution is 7.09. The van der Waals surface area contributed by atoms with Crippen LogP contribution < -0.4 is 14.4 Å². The predicted octanol–water partition coefficient (Wildman–Crippen LogP) is 4.63. The van der Waals surface area contributed by atoms with E-state index in [2.05, 4.69) is 13.0 Å². The molecule has 24 heavy (non-hydrogen) atoms. The molecule has 3 rings (SSSR count). The van der Waals surface area contributed by atoms with Crippen molar-refractivity contribution in [1.29, 1.82) is 0 Å². The fourth-order valence-corrected chi connectivity index (χ4v) is 3.44. The van der Waals surface area contributed by atoms with Gasteiger partial charge < -0.3 is 14.4 Å². The van der Waals surface area contributed by atoms with Crippen molar-refractivity contribution in [2.24, 2.45) is 0 Å². The lowest BCUT2D eigenvalue weighted by Gasteiger charge is -2.25. The molecule has 1 aromatic carbocycles. The zero-order valence-corrected chi connectivity index (χ0v) is 14.8. The van der Waals surface area contributed by atoms with Gasteiger partial charge in [0.1, 0.15) is 13.2 Å². The topological polar surface area (TPSA) is 38.8 Å². The highest BCUT2D eigenvalue weighted by atomic mass is 32.1. The molecule has 1 aliphatic rings. The molecule has 0 fully saturated rings. The predicted molar refractivity (Wildman–Crippen MR) is 97.1 cm³/mol. The Balaban J connectivity index is 1.81. The van der Waals surface area contributed by atoms with E-state index in [1.165, 1.54) is 4.88 Å². The first-order valence-electron chi connectivity index (χ1n) is 8.50. The molecular weight excluding hydrogens is 322 g/mol. The number of carbonyl (C=O) groups excluding carboxylic acids is 1. The molecule has 0 saturated carbocycles. The molecule has 0 bridgehead atoms. The number of hydrogen-bond acceptors (Lipinski definition) is 4. The van der Waals surface area contributed by atoms with Crippen molar-refractivity contribution in [2.75, 3.05) is 18.1 Å². The molecule has 2 aromatic rings. The maximum atomic E-state index is 12.8. The molecule has 1 amide bonds. The van der Waals surface area contributed by atoms with Crippen molar-refractivity contribution >= 4 is 22.9 Å². The lowest BCUT2D eigenvalue weighted by atomic mass is 10.1. The van der Waals surface area contributed by atoms with Crippen LogP contribution in [0.2, 0.25) is 0 Å². The highest BCUT2D eigenvalue weighted by Crippen LogP contribution is 2.35. The van der Waals surface area contributed by atoms with Crippen molar-refractivity contribution in [1.82, 2.24) is 0 Å². The number of nitrogens with zero attached hydrogens (tertiary/aromatic N) is 1. The van der Waals surface area contributed by atoms with E-state index in [-0.39, 0.29) is 5.91 Å². The van der Waals surface area contributed by atoms with Gasteiger partial charge in [-0.15, -0.1) is 11.3 Å². The lowest BCUT2D eigenvalue weighted by molar-refractivity contribution is -0.118. The Morgan fingerprint density at radius 2 is 2.00 bits per heavy atom. The Morgan fingerprint density at radius 3 is 2.75 bits per heavy atom. The van der Waals surface area contributed by atoms with Gasteiger partial charge in [0.2, 0.25) is 5.91 Å². The quantitative estimate of drug-likeness (QED) is 0.687. The Kier molecular flexibility index (Phi) is 5.75. The normalized spacial score (nSPS) is 12.9. The first-order valence-corrected chi connectivity index (χ1v) is 9.38. The van der Waals surface area contributed by atoms with Crippen molar-refractivity contribution in [2.45, 2.75) is 39.2 Å². The Hall–Kier alpha value is -2.01. The number of amides is 1. The minimum Gasteiger partial charge on any atom is -0.486 e. The second-order valence-electron chi connectivity index (χ2n) is 5.84. The van der Waals surface area contributed by atoms with Crippen molar-refractivity contribution in [3.8, 4) is 11.5 Å². The third-order valence-corrected chi connectivity index (χ3v) is 4.89. The number of benzene rings is 1. The van der Waals surface area contributed by atoms with Crippen LogP contribution in [0, 0.1) is 0 Å². The summed E-state index contributed by atoms with van der Waals surface area (Å²) in [4.78, 5) is 15.8. The van der Waals surface area contributed by atoms with E-state index in [1.807, 2.05) is 34.5 Å². The maximum Gasteiger partial charge on any atom is 0.227 e. The number of ether oxygens (including phenoxy) is 2. The van der Waals surface area contributed by atoms with Crippen LogP contribution in [0.15, 0.2) is 35.7 Å². The van der Waals surface area contributed by atoms with Crippen LogP contribution in [0.25, 0.3) is 0 Å². The average Bonchev–Trinajstić information content (AvgIpc) is 3.12. The standard InChI is InChI=1S/C19H23NO3S/c1-2-3-4-7-19(21)20(14-16-6-5-12-24-16)15-8-9-17-18(13-15)23-11-10-22-17/h5-6,8-9,12-13H,2-4,7,10-11,14H2,1H3. The zero-order valence-electron chi connectivity index (χ0n) is 14.0. The number of hydrogen-bond donors (Lipinski definition) is 0. The summed E-state index contributed by atoms with van der Waals surface area (Å²) in [5.74, 6) is 1.63. The number of fused-ring (bicyclic) bond motifs is 1. The number of unbranched alkanes of at least 4 members (excludes halogenated alkanes) is 2. The van der Waals surface area contributed by atoms with Crippen molar-refractivity contribution in [3.05, 3.63) is 40.6 Å². The molecular formula is C19H23NO3S. The third kappa shape index (κ3) is 4.09. The summed E-state index contributed by atoms with van der Waals surface area (Å²) < 4.78 is 11.2. The summed E-state index contributed by atoms with van der Waals surface area (Å²) in [6.45, 7) is 3.87. The Bertz CT molecular complexity index is 669. The summed E-state index contributed by atoms with van der Waals surface area (Å²) >= 11 is 1.67. The number of rotatable bonds is 7. The summed E-state index contributed by atoms with van der Waals surface area (Å²) in [6, 6.07) is 9.84. The van der Waals surface area contributed by atoms with Crippen LogP contribution in [-0.2, 0) is 11.3 Å². The fourth-order valence-electron chi connectivity index (χ4n) is 2.74. The van der Waals surface area contributed by atoms with E-state index in [0.717, 1.165) is 36.4 Å². The smallest absolute Gasteiger partial charge is 0.227 e. The van der Waals surface area contributed by atoms with Gasteiger partial charge in [0, 0.05) is 23.1 Å². The largest absolute Gasteiger partial charge is 0.486 e. The van der Waals surface area contributed by atoms with E-state index in [4.69, 9.17) is 9.47 Å². The monoisotopic (exact) mass is 345 g/mol. The molecule has 0 radical (unpaired) electrons. The van der Waals surface area contributed by atoms with Gasteiger partial charge in [-0.25, -0.2) is 0 Å². The first-order chi connectivity index (χ1) is 11.8. The molecule has 0 N–H and O–H groups in total. The SMILES string of the molecule is CCCCCC(=O)N(Cc1cccs1)c1ccc2c(c1)OCCO2. The van der Waals surface area contributed by atoms with Crippen LogP contribution in [0.4, 0.5) is 5.69 Å². The van der Waals surface area contributed by atoms with Crippen molar-refractivity contribution in [3.63, 3.8) is 0 Å². The molecule has 0 atom stereocenters. The van der Waals surface area contributed by atoms with Gasteiger partial charge in [0.05, 0.1) is 6.54 Å². The summed E-state index contributed by atoms with van der Waals surface area (Å²) in [7, 11) is 0. The van der Waals surface area contributed by atoms with E-state index >= 15 is 0 Å². The van der Waals surface area contributed by atoms with Gasteiger partial charge in [-0.1, -0.05) is 25.8 Å². The van der Waals surface area contributed by atoms with E-state index in [1.54, 1.807) is 11.3 Å². The minimum atomic E-state index is 0.161. The van der Waals surface area contributed by atoms with Crippen LogP contribution >= 0.6 is 11.3 Å². The Labute approximate surface area is 147 Å². The molecule has 0 aliphatic carbocycles. The number of carbonyl (C=O) groups is 1. The third-order valence-electron chi connectivity index (χ3n) is 4.03. The molecule has 5 heteroatoms. The number of thiophene rings is 1. The first kappa shape index (κ1) is 16.8. The molecule has 0 saturated heterocycles. The van der Waals surface area contributed by atoms with Crippen LogP contribution in [0.1, 0.15) is 37.5 Å². The molecule has 0 spiro atoms.